The third-order valence-corrected chi connectivity index (χ3v) is 6.58. The first-order chi connectivity index (χ1) is 17.4. The van der Waals surface area contributed by atoms with E-state index >= 15 is 0 Å². The molecule has 12 heteroatoms. The van der Waals surface area contributed by atoms with E-state index in [4.69, 9.17) is 5.11 Å². The molecule has 0 amide bonds. The highest BCUT2D eigenvalue weighted by Crippen LogP contribution is 2.36. The molecule has 1 aliphatic rings. The number of carbonyl (C=O) groups is 1. The van der Waals surface area contributed by atoms with Gasteiger partial charge in [-0.2, -0.15) is 13.2 Å². The van der Waals surface area contributed by atoms with Gasteiger partial charge in [-0.15, -0.1) is 0 Å². The van der Waals surface area contributed by atoms with Crippen LogP contribution in [0.25, 0.3) is 10.9 Å². The van der Waals surface area contributed by atoms with Gasteiger partial charge in [-0.25, -0.2) is 9.97 Å². The fraction of sp³-hybridized carbons (Fsp3) is 0.400. The van der Waals surface area contributed by atoms with Crippen molar-refractivity contribution >= 4 is 28.4 Å². The minimum absolute atomic E-state index is 0.0111. The average molecular weight is 518 g/mol. The van der Waals surface area contributed by atoms with Crippen LogP contribution >= 0.6 is 0 Å². The number of anilines is 1. The van der Waals surface area contributed by atoms with Crippen LogP contribution in [0.5, 0.6) is 0 Å². The Morgan fingerprint density at radius 2 is 1.92 bits per heavy atom. The van der Waals surface area contributed by atoms with E-state index in [0.29, 0.717) is 41.7 Å². The van der Waals surface area contributed by atoms with Crippen LogP contribution in [-0.2, 0) is 11.0 Å². The van der Waals surface area contributed by atoms with Crippen molar-refractivity contribution in [3.05, 3.63) is 69.0 Å². The number of aryl methyl sites for hydroxylation is 1. The molecule has 1 aromatic heterocycles. The summed E-state index contributed by atoms with van der Waals surface area (Å²) in [7, 11) is 0. The lowest BCUT2D eigenvalue weighted by molar-refractivity contribution is -0.385. The molecule has 9 nitrogen and oxygen atoms in total. The summed E-state index contributed by atoms with van der Waals surface area (Å²) >= 11 is 0. The number of fused-ring (bicyclic) bond motifs is 1. The smallest absolute Gasteiger partial charge is 0.416 e. The molecule has 3 aromatic rings. The molecule has 0 saturated carbocycles. The molecule has 0 aliphatic carbocycles. The minimum Gasteiger partial charge on any atom is -0.480 e. The number of carboxylic acid groups (broad SMARTS) is 1. The zero-order valence-corrected chi connectivity index (χ0v) is 20.2. The molecule has 37 heavy (non-hydrogen) atoms. The van der Waals surface area contributed by atoms with Crippen molar-refractivity contribution in [2.75, 3.05) is 25.0 Å². The van der Waals surface area contributed by atoms with Crippen molar-refractivity contribution in [1.29, 1.82) is 0 Å². The number of non-ortho nitro benzene ring substituents is 1. The molecule has 1 saturated heterocycles. The lowest BCUT2D eigenvalue weighted by Crippen LogP contribution is -2.36. The number of nitro groups is 1. The number of nitrogens with zero attached hydrogens (tertiary/aromatic N) is 4. The van der Waals surface area contributed by atoms with E-state index in [2.05, 4.69) is 15.3 Å². The normalized spacial score (nSPS) is 16.0. The summed E-state index contributed by atoms with van der Waals surface area (Å²) in [5.41, 5.74) is 0.0712. The second kappa shape index (κ2) is 10.3. The first-order valence-corrected chi connectivity index (χ1v) is 11.8. The summed E-state index contributed by atoms with van der Waals surface area (Å²) < 4.78 is 40.1. The number of nitro benzene ring substituents is 1. The van der Waals surface area contributed by atoms with Gasteiger partial charge < -0.3 is 10.4 Å². The fourth-order valence-electron chi connectivity index (χ4n) is 4.68. The van der Waals surface area contributed by atoms with Gasteiger partial charge in [-0.1, -0.05) is 6.07 Å². The van der Waals surface area contributed by atoms with E-state index in [1.165, 1.54) is 0 Å². The third kappa shape index (κ3) is 6.13. The minimum atomic E-state index is -4.73. The van der Waals surface area contributed by atoms with Crippen molar-refractivity contribution in [3.63, 3.8) is 0 Å². The number of aromatic nitrogens is 2. The molecule has 2 heterocycles. The lowest BCUT2D eigenvalue weighted by atomic mass is 9.88. The first-order valence-electron chi connectivity index (χ1n) is 11.8. The van der Waals surface area contributed by atoms with E-state index in [0.717, 1.165) is 30.5 Å². The lowest BCUT2D eigenvalue weighted by Gasteiger charge is -2.31. The van der Waals surface area contributed by atoms with Crippen LogP contribution in [0.15, 0.2) is 36.4 Å². The van der Waals surface area contributed by atoms with Gasteiger partial charge in [-0.3, -0.25) is 19.8 Å². The number of nitrogens with one attached hydrogen (secondary N) is 1. The van der Waals surface area contributed by atoms with Crippen LogP contribution in [0.2, 0.25) is 0 Å². The maximum Gasteiger partial charge on any atom is 0.416 e. The maximum absolute atomic E-state index is 13.4. The predicted octanol–water partition coefficient (Wildman–Crippen LogP) is 5.30. The highest BCUT2D eigenvalue weighted by molar-refractivity contribution is 5.90. The van der Waals surface area contributed by atoms with Crippen molar-refractivity contribution in [1.82, 2.24) is 14.9 Å². The number of aliphatic carboxylic acids is 1. The first kappa shape index (κ1) is 26.3. The van der Waals surface area contributed by atoms with E-state index < -0.39 is 34.4 Å². The van der Waals surface area contributed by atoms with Crippen molar-refractivity contribution in [2.24, 2.45) is 0 Å². The van der Waals surface area contributed by atoms with Crippen LogP contribution in [0.4, 0.5) is 24.7 Å². The topological polar surface area (TPSA) is 121 Å². The van der Waals surface area contributed by atoms with Crippen molar-refractivity contribution in [3.8, 4) is 0 Å². The van der Waals surface area contributed by atoms with Gasteiger partial charge in [0.25, 0.3) is 5.69 Å². The Bertz CT molecular complexity index is 1340. The molecule has 2 N–H and O–H groups in total. The number of rotatable bonds is 7. The number of benzene rings is 2. The quantitative estimate of drug-likeness (QED) is 0.320. The Labute approximate surface area is 210 Å². The highest BCUT2D eigenvalue weighted by atomic mass is 19.4. The Morgan fingerprint density at radius 1 is 1.22 bits per heavy atom. The SMILES string of the molecule is Cc1nc(NC(C)c2cc([N+](=O)[O-])cc(C(F)(F)F)c2)c2cc(C3CCN(CC(=O)O)CC3)ccc2n1. The standard InChI is InChI=1S/C25H26F3N5O4/c1-14(18-9-19(25(26,27)28)12-20(10-18)33(36)37)29-24-21-11-17(3-4-22(21)30-15(2)31-24)16-5-7-32(8-6-16)13-23(34)35/h3-4,9-12,14,16H,5-8,13H2,1-2H3,(H,34,35)(H,29,30,31). The number of hydrogen-bond acceptors (Lipinski definition) is 7. The summed E-state index contributed by atoms with van der Waals surface area (Å²) in [6.07, 6.45) is -3.15. The summed E-state index contributed by atoms with van der Waals surface area (Å²) in [5.74, 6) is 0.243. The second-order valence-electron chi connectivity index (χ2n) is 9.27. The summed E-state index contributed by atoms with van der Waals surface area (Å²) in [4.78, 5) is 32.2. The van der Waals surface area contributed by atoms with Crippen LogP contribution in [-0.4, -0.2) is 50.5 Å². The summed E-state index contributed by atoms with van der Waals surface area (Å²) in [6, 6.07) is 7.63. The van der Waals surface area contributed by atoms with Crippen molar-refractivity contribution in [2.45, 2.75) is 44.8 Å². The van der Waals surface area contributed by atoms with E-state index in [1.807, 2.05) is 23.1 Å². The molecule has 0 spiro atoms. The Kier molecular flexibility index (Phi) is 7.30. The molecule has 1 atom stereocenters. The van der Waals surface area contributed by atoms with Gasteiger partial charge in [0.05, 0.1) is 28.6 Å². The summed E-state index contributed by atoms with van der Waals surface area (Å²) in [6.45, 7) is 4.66. The molecule has 2 aromatic carbocycles. The number of carboxylic acids is 1. The number of likely N-dealkylation sites (tertiary alicyclic amines) is 1. The van der Waals surface area contributed by atoms with Crippen LogP contribution < -0.4 is 5.32 Å². The number of halogens is 3. The molecular formula is C25H26F3N5O4. The van der Waals surface area contributed by atoms with E-state index in [1.54, 1.807) is 13.8 Å². The zero-order chi connectivity index (χ0) is 26.9. The van der Waals surface area contributed by atoms with Crippen molar-refractivity contribution < 1.29 is 28.0 Å². The van der Waals surface area contributed by atoms with Gasteiger partial charge >= 0.3 is 12.1 Å². The van der Waals surface area contributed by atoms with Gasteiger partial charge in [0.2, 0.25) is 0 Å². The second-order valence-corrected chi connectivity index (χ2v) is 9.27. The highest BCUT2D eigenvalue weighted by Gasteiger charge is 2.33. The molecule has 196 valence electrons. The van der Waals surface area contributed by atoms with Crippen LogP contribution in [0.3, 0.4) is 0 Å². The molecule has 0 radical (unpaired) electrons. The predicted molar refractivity (Wildman–Crippen MR) is 130 cm³/mol. The monoisotopic (exact) mass is 517 g/mol. The number of hydrogen-bond donors (Lipinski definition) is 2. The Morgan fingerprint density at radius 3 is 2.54 bits per heavy atom. The van der Waals surface area contributed by atoms with Crippen LogP contribution in [0.1, 0.15) is 54.2 Å². The van der Waals surface area contributed by atoms with Gasteiger partial charge in [-0.05, 0) is 75.0 Å². The van der Waals surface area contributed by atoms with Gasteiger partial charge in [0.1, 0.15) is 11.6 Å². The van der Waals surface area contributed by atoms with Gasteiger partial charge in [0.15, 0.2) is 0 Å². The number of piperidine rings is 1. The summed E-state index contributed by atoms with van der Waals surface area (Å²) in [5, 5.41) is 24.1. The zero-order valence-electron chi connectivity index (χ0n) is 20.2. The largest absolute Gasteiger partial charge is 0.480 e. The average Bonchev–Trinajstić information content (AvgIpc) is 2.83. The molecule has 1 aliphatic heterocycles. The van der Waals surface area contributed by atoms with E-state index in [-0.39, 0.29) is 18.0 Å². The fourth-order valence-corrected chi connectivity index (χ4v) is 4.68. The molecular weight excluding hydrogens is 491 g/mol. The Balaban J connectivity index is 1.64. The number of alkyl halides is 3. The third-order valence-electron chi connectivity index (χ3n) is 6.58. The maximum atomic E-state index is 13.4. The van der Waals surface area contributed by atoms with Crippen LogP contribution in [0, 0.1) is 17.0 Å². The molecule has 1 unspecified atom stereocenters. The van der Waals surface area contributed by atoms with E-state index in [9.17, 15) is 28.1 Å². The molecule has 0 bridgehead atoms. The Hall–Kier alpha value is -3.80. The molecule has 4 rings (SSSR count). The molecule has 1 fully saturated rings. The van der Waals surface area contributed by atoms with Gasteiger partial charge in [0, 0.05) is 17.5 Å².